The summed E-state index contributed by atoms with van der Waals surface area (Å²) in [5, 5.41) is 14.7. The fourth-order valence-electron chi connectivity index (χ4n) is 2.36. The molecule has 6 heteroatoms. The number of carboxylic acids is 1. The van der Waals surface area contributed by atoms with Crippen molar-refractivity contribution in [3.05, 3.63) is 0 Å². The van der Waals surface area contributed by atoms with Crippen LogP contribution in [-0.2, 0) is 9.53 Å². The van der Waals surface area contributed by atoms with Gasteiger partial charge in [0.2, 0.25) is 0 Å². The van der Waals surface area contributed by atoms with E-state index in [-0.39, 0.29) is 12.6 Å². The van der Waals surface area contributed by atoms with Gasteiger partial charge >= 0.3 is 12.0 Å². The van der Waals surface area contributed by atoms with Gasteiger partial charge in [-0.1, -0.05) is 6.92 Å². The summed E-state index contributed by atoms with van der Waals surface area (Å²) < 4.78 is 4.82. The van der Waals surface area contributed by atoms with Crippen molar-refractivity contribution in [2.45, 2.75) is 32.6 Å². The molecule has 0 spiro atoms. The lowest BCUT2D eigenvalue weighted by Crippen LogP contribution is -2.48. The summed E-state index contributed by atoms with van der Waals surface area (Å²) in [6.45, 7) is 3.18. The number of carbonyl (C=O) groups is 2. The van der Waals surface area contributed by atoms with Gasteiger partial charge in [0.1, 0.15) is 0 Å². The summed E-state index contributed by atoms with van der Waals surface area (Å²) >= 11 is 0. The molecule has 0 radical (unpaired) electrons. The van der Waals surface area contributed by atoms with Crippen LogP contribution >= 0.6 is 0 Å². The Morgan fingerprint density at radius 2 is 1.95 bits per heavy atom. The number of carboxylic acid groups (broad SMARTS) is 1. The maximum absolute atomic E-state index is 11.5. The average Bonchev–Trinajstić information content (AvgIpc) is 2.38. The van der Waals surface area contributed by atoms with E-state index in [1.807, 2.05) is 0 Å². The van der Waals surface area contributed by atoms with Crippen molar-refractivity contribution < 1.29 is 19.4 Å². The maximum Gasteiger partial charge on any atom is 0.314 e. The summed E-state index contributed by atoms with van der Waals surface area (Å²) in [6, 6.07) is -0.337. The van der Waals surface area contributed by atoms with Gasteiger partial charge < -0.3 is 20.5 Å². The van der Waals surface area contributed by atoms with Crippen molar-refractivity contribution in [2.75, 3.05) is 26.8 Å². The van der Waals surface area contributed by atoms with Crippen LogP contribution in [0.4, 0.5) is 4.79 Å². The first-order valence-corrected chi connectivity index (χ1v) is 6.74. The standard InChI is InChI=1S/C13H24N2O4/c1-10-3-5-13(6-4-10,11(16)17)9-15-12(18)14-7-8-19-2/h10H,3-9H2,1-2H3,(H,16,17)(H2,14,15,18). The van der Waals surface area contributed by atoms with E-state index in [1.54, 1.807) is 7.11 Å². The monoisotopic (exact) mass is 272 g/mol. The quantitative estimate of drug-likeness (QED) is 0.634. The molecular weight excluding hydrogens is 248 g/mol. The number of methoxy groups -OCH3 is 1. The van der Waals surface area contributed by atoms with E-state index in [0.717, 1.165) is 12.8 Å². The van der Waals surface area contributed by atoms with E-state index in [1.165, 1.54) is 0 Å². The smallest absolute Gasteiger partial charge is 0.314 e. The normalized spacial score (nSPS) is 26.7. The van der Waals surface area contributed by atoms with Crippen LogP contribution in [-0.4, -0.2) is 43.9 Å². The topological polar surface area (TPSA) is 87.7 Å². The second-order valence-corrected chi connectivity index (χ2v) is 5.37. The molecule has 0 unspecified atom stereocenters. The van der Waals surface area contributed by atoms with Gasteiger partial charge in [-0.15, -0.1) is 0 Å². The van der Waals surface area contributed by atoms with E-state index < -0.39 is 11.4 Å². The first-order chi connectivity index (χ1) is 9.00. The second kappa shape index (κ2) is 7.33. The van der Waals surface area contributed by atoms with Crippen LogP contribution in [0.5, 0.6) is 0 Å². The highest BCUT2D eigenvalue weighted by Gasteiger charge is 2.41. The zero-order valence-corrected chi connectivity index (χ0v) is 11.7. The third-order valence-electron chi connectivity index (χ3n) is 3.86. The molecule has 0 aromatic heterocycles. The highest BCUT2D eigenvalue weighted by Crippen LogP contribution is 2.38. The lowest BCUT2D eigenvalue weighted by molar-refractivity contribution is -0.151. The number of amides is 2. The summed E-state index contributed by atoms with van der Waals surface area (Å²) in [5.41, 5.74) is -0.800. The van der Waals surface area contributed by atoms with Crippen LogP contribution in [0.3, 0.4) is 0 Å². The highest BCUT2D eigenvalue weighted by molar-refractivity contribution is 5.78. The van der Waals surface area contributed by atoms with E-state index in [4.69, 9.17) is 4.74 Å². The number of aliphatic carboxylic acids is 1. The van der Waals surface area contributed by atoms with Crippen molar-refractivity contribution >= 4 is 12.0 Å². The molecule has 6 nitrogen and oxygen atoms in total. The van der Waals surface area contributed by atoms with E-state index in [2.05, 4.69) is 17.6 Å². The number of nitrogens with one attached hydrogen (secondary N) is 2. The van der Waals surface area contributed by atoms with Crippen LogP contribution in [0.2, 0.25) is 0 Å². The van der Waals surface area contributed by atoms with Crippen molar-refractivity contribution in [1.29, 1.82) is 0 Å². The first kappa shape index (κ1) is 15.8. The molecule has 0 bridgehead atoms. The lowest BCUT2D eigenvalue weighted by Gasteiger charge is -2.35. The number of carbonyl (C=O) groups excluding carboxylic acids is 1. The van der Waals surface area contributed by atoms with Gasteiger partial charge in [0.25, 0.3) is 0 Å². The fraction of sp³-hybridized carbons (Fsp3) is 0.846. The highest BCUT2D eigenvalue weighted by atomic mass is 16.5. The second-order valence-electron chi connectivity index (χ2n) is 5.37. The number of ether oxygens (including phenoxy) is 1. The molecule has 0 aromatic carbocycles. The Bertz CT molecular complexity index is 312. The van der Waals surface area contributed by atoms with Crippen LogP contribution in [0.1, 0.15) is 32.6 Å². The molecule has 0 aliphatic heterocycles. The number of rotatable bonds is 6. The van der Waals surface area contributed by atoms with E-state index in [0.29, 0.717) is 31.9 Å². The summed E-state index contributed by atoms with van der Waals surface area (Å²) in [5.74, 6) is -0.236. The number of hydrogen-bond acceptors (Lipinski definition) is 3. The Morgan fingerprint density at radius 3 is 2.47 bits per heavy atom. The lowest BCUT2D eigenvalue weighted by atomic mass is 9.71. The molecule has 1 fully saturated rings. The molecule has 1 aliphatic carbocycles. The minimum Gasteiger partial charge on any atom is -0.481 e. The van der Waals surface area contributed by atoms with Crippen LogP contribution in [0, 0.1) is 11.3 Å². The number of urea groups is 1. The third-order valence-corrected chi connectivity index (χ3v) is 3.86. The molecule has 0 saturated heterocycles. The van der Waals surface area contributed by atoms with Crippen molar-refractivity contribution in [3.63, 3.8) is 0 Å². The number of hydrogen-bond donors (Lipinski definition) is 3. The summed E-state index contributed by atoms with van der Waals surface area (Å²) in [6.07, 6.45) is 3.06. The van der Waals surface area contributed by atoms with Gasteiger partial charge in [0, 0.05) is 20.2 Å². The molecule has 0 atom stereocenters. The molecular formula is C13H24N2O4. The Morgan fingerprint density at radius 1 is 1.32 bits per heavy atom. The molecule has 0 aromatic rings. The van der Waals surface area contributed by atoms with Gasteiger partial charge in [-0.2, -0.15) is 0 Å². The summed E-state index contributed by atoms with van der Waals surface area (Å²) in [7, 11) is 1.56. The third kappa shape index (κ3) is 4.70. The van der Waals surface area contributed by atoms with Gasteiger partial charge in [-0.25, -0.2) is 4.79 Å². The molecule has 2 amide bonds. The van der Waals surface area contributed by atoms with Crippen LogP contribution < -0.4 is 10.6 Å². The Balaban J connectivity index is 2.42. The van der Waals surface area contributed by atoms with Crippen molar-refractivity contribution in [2.24, 2.45) is 11.3 Å². The minimum atomic E-state index is -0.809. The molecule has 3 N–H and O–H groups in total. The largest absolute Gasteiger partial charge is 0.481 e. The molecule has 1 saturated carbocycles. The van der Waals surface area contributed by atoms with E-state index >= 15 is 0 Å². The zero-order valence-electron chi connectivity index (χ0n) is 11.7. The Kier molecular flexibility index (Phi) is 6.08. The van der Waals surface area contributed by atoms with Crippen molar-refractivity contribution in [3.8, 4) is 0 Å². The average molecular weight is 272 g/mol. The van der Waals surface area contributed by atoms with Gasteiger partial charge in [0.05, 0.1) is 12.0 Å². The summed E-state index contributed by atoms with van der Waals surface area (Å²) in [4.78, 5) is 23.0. The maximum atomic E-state index is 11.5. The Hall–Kier alpha value is -1.30. The zero-order chi connectivity index (χ0) is 14.3. The minimum absolute atomic E-state index is 0.188. The molecule has 1 rings (SSSR count). The molecule has 1 aliphatic rings. The molecule has 19 heavy (non-hydrogen) atoms. The predicted octanol–water partition coefficient (Wildman–Crippen LogP) is 1.21. The van der Waals surface area contributed by atoms with Gasteiger partial charge in [-0.3, -0.25) is 4.79 Å². The van der Waals surface area contributed by atoms with Crippen molar-refractivity contribution in [1.82, 2.24) is 10.6 Å². The SMILES string of the molecule is COCCNC(=O)NCC1(C(=O)O)CCC(C)CC1. The fourth-order valence-corrected chi connectivity index (χ4v) is 2.36. The van der Waals surface area contributed by atoms with E-state index in [9.17, 15) is 14.7 Å². The van der Waals surface area contributed by atoms with Gasteiger partial charge in [0.15, 0.2) is 0 Å². The van der Waals surface area contributed by atoms with Crippen LogP contribution in [0.25, 0.3) is 0 Å². The first-order valence-electron chi connectivity index (χ1n) is 6.74. The molecule has 0 heterocycles. The Labute approximate surface area is 113 Å². The predicted molar refractivity (Wildman–Crippen MR) is 71.0 cm³/mol. The van der Waals surface area contributed by atoms with Crippen LogP contribution in [0.15, 0.2) is 0 Å². The van der Waals surface area contributed by atoms with Gasteiger partial charge in [-0.05, 0) is 31.6 Å². The molecule has 110 valence electrons.